The molecule has 2 heterocycles. The van der Waals surface area contributed by atoms with Crippen molar-refractivity contribution in [1.29, 1.82) is 0 Å². The average molecular weight is 264 g/mol. The highest BCUT2D eigenvalue weighted by Crippen LogP contribution is 2.29. The SMILES string of the molecule is Cc1cccc2c1nc(CCl)n2C1CCN(C)C1. The van der Waals surface area contributed by atoms with E-state index in [1.165, 1.54) is 17.5 Å². The van der Waals surface area contributed by atoms with Crippen LogP contribution < -0.4 is 0 Å². The molecule has 1 unspecified atom stereocenters. The standard InChI is InChI=1S/C14H18ClN3/c1-10-4-3-5-12-14(10)16-13(8-15)18(12)11-6-7-17(2)9-11/h3-5,11H,6-9H2,1-2H3. The maximum absolute atomic E-state index is 6.07. The minimum absolute atomic E-state index is 0.480. The molecule has 1 atom stereocenters. The van der Waals surface area contributed by atoms with Crippen LogP contribution in [0.2, 0.25) is 0 Å². The summed E-state index contributed by atoms with van der Waals surface area (Å²) in [6.07, 6.45) is 1.18. The third kappa shape index (κ3) is 1.82. The molecule has 0 aliphatic carbocycles. The summed E-state index contributed by atoms with van der Waals surface area (Å²) in [5.41, 5.74) is 3.55. The molecule has 1 saturated heterocycles. The lowest BCUT2D eigenvalue weighted by molar-refractivity contribution is 0.393. The van der Waals surface area contributed by atoms with Crippen LogP contribution in [-0.4, -0.2) is 34.6 Å². The molecule has 4 heteroatoms. The molecule has 1 aliphatic heterocycles. The van der Waals surface area contributed by atoms with E-state index in [0.717, 1.165) is 24.4 Å². The van der Waals surface area contributed by atoms with Crippen LogP contribution in [0.25, 0.3) is 11.0 Å². The first-order valence-corrected chi connectivity index (χ1v) is 6.95. The van der Waals surface area contributed by atoms with Gasteiger partial charge in [0.1, 0.15) is 5.82 Å². The molecule has 1 aliphatic rings. The normalized spacial score (nSPS) is 20.9. The molecule has 1 fully saturated rings. The predicted molar refractivity (Wildman–Crippen MR) is 75.2 cm³/mol. The fourth-order valence-corrected chi connectivity index (χ4v) is 3.12. The van der Waals surface area contributed by atoms with Gasteiger partial charge in [-0.25, -0.2) is 4.98 Å². The Morgan fingerprint density at radius 1 is 1.44 bits per heavy atom. The Hall–Kier alpha value is -1.06. The highest BCUT2D eigenvalue weighted by molar-refractivity contribution is 6.16. The van der Waals surface area contributed by atoms with Crippen LogP contribution in [0.1, 0.15) is 23.9 Å². The Morgan fingerprint density at radius 3 is 2.94 bits per heavy atom. The lowest BCUT2D eigenvalue weighted by Gasteiger charge is -2.16. The van der Waals surface area contributed by atoms with Gasteiger partial charge in [0.25, 0.3) is 0 Å². The summed E-state index contributed by atoms with van der Waals surface area (Å²) in [7, 11) is 2.17. The monoisotopic (exact) mass is 263 g/mol. The van der Waals surface area contributed by atoms with Crippen LogP contribution in [-0.2, 0) is 5.88 Å². The molecule has 0 radical (unpaired) electrons. The van der Waals surface area contributed by atoms with Gasteiger partial charge in [-0.1, -0.05) is 12.1 Å². The van der Waals surface area contributed by atoms with Crippen LogP contribution >= 0.6 is 11.6 Å². The van der Waals surface area contributed by atoms with E-state index in [1.807, 2.05) is 0 Å². The second-order valence-corrected chi connectivity index (χ2v) is 5.45. The Bertz CT molecular complexity index is 576. The topological polar surface area (TPSA) is 21.1 Å². The van der Waals surface area contributed by atoms with Crippen molar-refractivity contribution in [1.82, 2.24) is 14.5 Å². The number of imidazole rings is 1. The molecule has 3 nitrogen and oxygen atoms in total. The summed E-state index contributed by atoms with van der Waals surface area (Å²) in [5.74, 6) is 1.48. The van der Waals surface area contributed by atoms with E-state index < -0.39 is 0 Å². The molecule has 2 aromatic rings. The second kappa shape index (κ2) is 4.56. The van der Waals surface area contributed by atoms with E-state index in [1.54, 1.807) is 0 Å². The molecule has 0 amide bonds. The summed E-state index contributed by atoms with van der Waals surface area (Å²) in [5, 5.41) is 0. The largest absolute Gasteiger partial charge is 0.322 e. The summed E-state index contributed by atoms with van der Waals surface area (Å²) < 4.78 is 2.35. The fraction of sp³-hybridized carbons (Fsp3) is 0.500. The van der Waals surface area contributed by atoms with Gasteiger partial charge in [0, 0.05) is 12.6 Å². The molecule has 3 rings (SSSR count). The lowest BCUT2D eigenvalue weighted by Crippen LogP contribution is -2.17. The molecular weight excluding hydrogens is 246 g/mol. The predicted octanol–water partition coefficient (Wildman–Crippen LogP) is 2.96. The number of fused-ring (bicyclic) bond motifs is 1. The maximum Gasteiger partial charge on any atom is 0.125 e. The maximum atomic E-state index is 6.07. The number of nitrogens with zero attached hydrogens (tertiary/aromatic N) is 3. The number of para-hydroxylation sites is 1. The van der Waals surface area contributed by atoms with E-state index in [4.69, 9.17) is 16.6 Å². The van der Waals surface area contributed by atoms with Crippen LogP contribution in [0.15, 0.2) is 18.2 Å². The Balaban J connectivity index is 2.17. The molecular formula is C14H18ClN3. The van der Waals surface area contributed by atoms with Crippen molar-refractivity contribution < 1.29 is 0 Å². The van der Waals surface area contributed by atoms with Crippen molar-refractivity contribution in [2.45, 2.75) is 25.3 Å². The average Bonchev–Trinajstić information content (AvgIpc) is 2.93. The van der Waals surface area contributed by atoms with Gasteiger partial charge < -0.3 is 9.47 Å². The zero-order valence-electron chi connectivity index (χ0n) is 10.9. The minimum atomic E-state index is 0.480. The molecule has 0 spiro atoms. The highest BCUT2D eigenvalue weighted by Gasteiger charge is 2.25. The number of rotatable bonds is 2. The van der Waals surface area contributed by atoms with Crippen molar-refractivity contribution >= 4 is 22.6 Å². The van der Waals surface area contributed by atoms with Gasteiger partial charge in [0.05, 0.1) is 16.9 Å². The van der Waals surface area contributed by atoms with Crippen molar-refractivity contribution in [3.05, 3.63) is 29.6 Å². The van der Waals surface area contributed by atoms with Crippen LogP contribution in [0.5, 0.6) is 0 Å². The summed E-state index contributed by atoms with van der Waals surface area (Å²) in [4.78, 5) is 7.08. The molecule has 1 aromatic carbocycles. The number of hydrogen-bond donors (Lipinski definition) is 0. The summed E-state index contributed by atoms with van der Waals surface area (Å²) >= 11 is 6.07. The Morgan fingerprint density at radius 2 is 2.28 bits per heavy atom. The lowest BCUT2D eigenvalue weighted by atomic mass is 10.2. The van der Waals surface area contributed by atoms with E-state index in [0.29, 0.717) is 11.9 Å². The van der Waals surface area contributed by atoms with Crippen molar-refractivity contribution in [3.8, 4) is 0 Å². The molecule has 0 N–H and O–H groups in total. The number of alkyl halides is 1. The van der Waals surface area contributed by atoms with E-state index >= 15 is 0 Å². The van der Waals surface area contributed by atoms with E-state index in [9.17, 15) is 0 Å². The number of benzene rings is 1. The second-order valence-electron chi connectivity index (χ2n) is 5.18. The van der Waals surface area contributed by atoms with Gasteiger partial charge in [0.2, 0.25) is 0 Å². The third-order valence-electron chi connectivity index (χ3n) is 3.85. The zero-order valence-corrected chi connectivity index (χ0v) is 11.6. The number of likely N-dealkylation sites (tertiary alicyclic amines) is 1. The van der Waals surface area contributed by atoms with Crippen molar-refractivity contribution in [3.63, 3.8) is 0 Å². The van der Waals surface area contributed by atoms with Gasteiger partial charge in [-0.3, -0.25) is 0 Å². The molecule has 0 bridgehead atoms. The number of halogens is 1. The molecule has 96 valence electrons. The number of likely N-dealkylation sites (N-methyl/N-ethyl adjacent to an activating group) is 1. The first-order valence-electron chi connectivity index (χ1n) is 6.41. The number of hydrogen-bond acceptors (Lipinski definition) is 2. The number of aromatic nitrogens is 2. The molecule has 1 aromatic heterocycles. The smallest absolute Gasteiger partial charge is 0.125 e. The minimum Gasteiger partial charge on any atom is -0.322 e. The van der Waals surface area contributed by atoms with Gasteiger partial charge in [-0.15, -0.1) is 11.6 Å². The van der Waals surface area contributed by atoms with Crippen molar-refractivity contribution in [2.75, 3.05) is 20.1 Å². The van der Waals surface area contributed by atoms with Gasteiger partial charge in [-0.2, -0.15) is 0 Å². The molecule has 18 heavy (non-hydrogen) atoms. The Labute approximate surface area is 112 Å². The number of aryl methyl sites for hydroxylation is 1. The zero-order chi connectivity index (χ0) is 12.7. The Kier molecular flexibility index (Phi) is 3.04. The summed E-state index contributed by atoms with van der Waals surface area (Å²) in [6, 6.07) is 6.88. The van der Waals surface area contributed by atoms with E-state index in [2.05, 4.69) is 41.6 Å². The fourth-order valence-electron chi connectivity index (χ4n) is 2.93. The van der Waals surface area contributed by atoms with E-state index in [-0.39, 0.29) is 0 Å². The highest BCUT2D eigenvalue weighted by atomic mass is 35.5. The van der Waals surface area contributed by atoms with Crippen LogP contribution in [0.3, 0.4) is 0 Å². The van der Waals surface area contributed by atoms with Crippen molar-refractivity contribution in [2.24, 2.45) is 0 Å². The quantitative estimate of drug-likeness (QED) is 0.777. The van der Waals surface area contributed by atoms with Crippen LogP contribution in [0.4, 0.5) is 0 Å². The first kappa shape index (κ1) is 12.0. The van der Waals surface area contributed by atoms with Gasteiger partial charge in [-0.05, 0) is 38.6 Å². The molecule has 0 saturated carbocycles. The third-order valence-corrected chi connectivity index (χ3v) is 4.09. The first-order chi connectivity index (χ1) is 8.70. The van der Waals surface area contributed by atoms with Crippen LogP contribution in [0, 0.1) is 6.92 Å². The summed E-state index contributed by atoms with van der Waals surface area (Å²) in [6.45, 7) is 4.35. The van der Waals surface area contributed by atoms with Gasteiger partial charge >= 0.3 is 0 Å². The van der Waals surface area contributed by atoms with Gasteiger partial charge in [0.15, 0.2) is 0 Å².